The van der Waals surface area contributed by atoms with Crippen molar-refractivity contribution in [2.24, 2.45) is 5.92 Å². The fourth-order valence-corrected chi connectivity index (χ4v) is 5.09. The van der Waals surface area contributed by atoms with Crippen molar-refractivity contribution in [3.8, 4) is 5.75 Å². The van der Waals surface area contributed by atoms with E-state index < -0.39 is 10.2 Å². The molecule has 8 heteroatoms. The minimum Gasteiger partial charge on any atom is -0.487 e. The Balaban J connectivity index is 1.68. The molecule has 1 fully saturated rings. The number of nitrogens with one attached hydrogen (secondary N) is 1. The van der Waals surface area contributed by atoms with Crippen LogP contribution in [0.15, 0.2) is 18.2 Å². The largest absolute Gasteiger partial charge is 0.487 e. The summed E-state index contributed by atoms with van der Waals surface area (Å²) in [6.45, 7) is 6.82. The second-order valence-corrected chi connectivity index (χ2v) is 10.8. The molecule has 0 saturated carbocycles. The summed E-state index contributed by atoms with van der Waals surface area (Å²) >= 11 is 0. The number of carbonyl (C=O) groups excluding carboxylic acids is 1. The van der Waals surface area contributed by atoms with Crippen molar-refractivity contribution in [2.75, 3.05) is 27.2 Å². The van der Waals surface area contributed by atoms with Crippen LogP contribution in [0.25, 0.3) is 0 Å². The minimum absolute atomic E-state index is 0.00359. The van der Waals surface area contributed by atoms with Gasteiger partial charge >= 0.3 is 0 Å². The molecule has 0 bridgehead atoms. The summed E-state index contributed by atoms with van der Waals surface area (Å²) in [5.41, 5.74) is 1.77. The molecule has 0 aliphatic carbocycles. The number of ether oxygens (including phenoxy) is 1. The van der Waals surface area contributed by atoms with Gasteiger partial charge in [-0.2, -0.15) is 17.0 Å². The van der Waals surface area contributed by atoms with Crippen LogP contribution in [-0.2, 0) is 15.0 Å². The highest BCUT2D eigenvalue weighted by Crippen LogP contribution is 2.40. The van der Waals surface area contributed by atoms with Gasteiger partial charge < -0.3 is 10.1 Å². The molecule has 2 heterocycles. The Morgan fingerprint density at radius 1 is 1.25 bits per heavy atom. The lowest BCUT2D eigenvalue weighted by molar-refractivity contribution is -0.127. The number of rotatable bonds is 4. The molecule has 0 radical (unpaired) electrons. The topological polar surface area (TPSA) is 79.0 Å². The molecule has 7 nitrogen and oxygen atoms in total. The van der Waals surface area contributed by atoms with Crippen molar-refractivity contribution in [3.63, 3.8) is 0 Å². The molecule has 1 aromatic carbocycles. The van der Waals surface area contributed by atoms with Gasteiger partial charge in [0.05, 0.1) is 6.04 Å². The van der Waals surface area contributed by atoms with E-state index in [-0.39, 0.29) is 23.5 Å². The number of fused-ring (bicyclic) bond motifs is 1. The first kappa shape index (κ1) is 21.1. The number of nitrogens with zero attached hydrogens (tertiary/aromatic N) is 2. The van der Waals surface area contributed by atoms with Crippen molar-refractivity contribution in [1.29, 1.82) is 0 Å². The molecule has 1 unspecified atom stereocenters. The van der Waals surface area contributed by atoms with Crippen LogP contribution in [-0.4, -0.2) is 55.7 Å². The van der Waals surface area contributed by atoms with Gasteiger partial charge in [0, 0.05) is 45.1 Å². The van der Waals surface area contributed by atoms with Crippen LogP contribution in [0.2, 0.25) is 0 Å². The highest BCUT2D eigenvalue weighted by atomic mass is 32.2. The first-order chi connectivity index (χ1) is 13.0. The summed E-state index contributed by atoms with van der Waals surface area (Å²) in [5, 5.41) is 3.20. The third kappa shape index (κ3) is 4.34. The summed E-state index contributed by atoms with van der Waals surface area (Å²) in [4.78, 5) is 12.9. The molecular weight excluding hydrogens is 378 g/mol. The first-order valence-corrected chi connectivity index (χ1v) is 11.2. The number of hydrogen-bond donors (Lipinski definition) is 1. The van der Waals surface area contributed by atoms with Crippen LogP contribution in [0, 0.1) is 12.8 Å². The highest BCUT2D eigenvalue weighted by molar-refractivity contribution is 7.86. The third-order valence-corrected chi connectivity index (χ3v) is 7.50. The summed E-state index contributed by atoms with van der Waals surface area (Å²) in [6.07, 6.45) is 1.77. The molecule has 2 aliphatic heterocycles. The van der Waals surface area contributed by atoms with Gasteiger partial charge in [-0.25, -0.2) is 0 Å². The van der Waals surface area contributed by atoms with Gasteiger partial charge in [0.15, 0.2) is 0 Å². The number of amides is 1. The van der Waals surface area contributed by atoms with E-state index in [4.69, 9.17) is 4.74 Å². The second kappa shape index (κ2) is 7.65. The monoisotopic (exact) mass is 409 g/mol. The number of piperidine rings is 1. The molecule has 1 saturated heterocycles. The van der Waals surface area contributed by atoms with Crippen LogP contribution < -0.4 is 10.1 Å². The van der Waals surface area contributed by atoms with E-state index >= 15 is 0 Å². The van der Waals surface area contributed by atoms with Crippen LogP contribution in [0.5, 0.6) is 5.75 Å². The van der Waals surface area contributed by atoms with Gasteiger partial charge in [-0.3, -0.25) is 4.79 Å². The SMILES string of the molecule is Cc1ccc2c(c1)OC(C)(C)CC2NC(=O)C1CCN(S(=O)(=O)N(C)C)CC1. The van der Waals surface area contributed by atoms with Crippen LogP contribution in [0.4, 0.5) is 0 Å². The predicted octanol–water partition coefficient (Wildman–Crippen LogP) is 2.23. The van der Waals surface area contributed by atoms with E-state index in [9.17, 15) is 13.2 Å². The maximum Gasteiger partial charge on any atom is 0.281 e. The zero-order valence-electron chi connectivity index (χ0n) is 17.4. The molecule has 2 aliphatic rings. The standard InChI is InChI=1S/C20H31N3O4S/c1-14-6-7-16-17(13-20(2,3)27-18(16)12-14)21-19(24)15-8-10-23(11-9-15)28(25,26)22(4)5/h6-7,12,15,17H,8-11,13H2,1-5H3,(H,21,24). The quantitative estimate of drug-likeness (QED) is 0.827. The van der Waals surface area contributed by atoms with Gasteiger partial charge in [-0.1, -0.05) is 12.1 Å². The Kier molecular flexibility index (Phi) is 5.76. The smallest absolute Gasteiger partial charge is 0.281 e. The molecule has 1 atom stereocenters. The Labute approximate surface area is 168 Å². The fourth-order valence-electron chi connectivity index (χ4n) is 3.96. The van der Waals surface area contributed by atoms with E-state index in [1.54, 1.807) is 0 Å². The Hall–Kier alpha value is -1.64. The normalized spacial score (nSPS) is 23.1. The zero-order valence-corrected chi connectivity index (χ0v) is 18.2. The maximum absolute atomic E-state index is 12.9. The van der Waals surface area contributed by atoms with Crippen molar-refractivity contribution < 1.29 is 17.9 Å². The molecule has 1 aromatic rings. The van der Waals surface area contributed by atoms with Gasteiger partial charge in [0.1, 0.15) is 11.4 Å². The molecule has 1 amide bonds. The fraction of sp³-hybridized carbons (Fsp3) is 0.650. The van der Waals surface area contributed by atoms with Crippen LogP contribution >= 0.6 is 0 Å². The Bertz CT molecular complexity index is 843. The van der Waals surface area contributed by atoms with Crippen LogP contribution in [0.1, 0.15) is 50.3 Å². The van der Waals surface area contributed by atoms with Crippen molar-refractivity contribution >= 4 is 16.1 Å². The molecule has 156 valence electrons. The number of carbonyl (C=O) groups is 1. The Morgan fingerprint density at radius 3 is 2.50 bits per heavy atom. The summed E-state index contributed by atoms with van der Waals surface area (Å²) in [5.74, 6) is 0.651. The average molecular weight is 410 g/mol. The van der Waals surface area contributed by atoms with Gasteiger partial charge in [-0.05, 0) is 45.2 Å². The van der Waals surface area contributed by atoms with Crippen LogP contribution in [0.3, 0.4) is 0 Å². The predicted molar refractivity (Wildman–Crippen MR) is 108 cm³/mol. The summed E-state index contributed by atoms with van der Waals surface area (Å²) < 4.78 is 33.3. The van der Waals surface area contributed by atoms with Gasteiger partial charge in [0.25, 0.3) is 10.2 Å². The number of hydrogen-bond acceptors (Lipinski definition) is 4. The third-order valence-electron chi connectivity index (χ3n) is 5.56. The lowest BCUT2D eigenvalue weighted by Gasteiger charge is -2.39. The first-order valence-electron chi connectivity index (χ1n) is 9.77. The van der Waals surface area contributed by atoms with E-state index in [0.717, 1.165) is 16.9 Å². The van der Waals surface area contributed by atoms with E-state index in [2.05, 4.69) is 5.32 Å². The molecule has 3 rings (SSSR count). The molecule has 1 N–H and O–H groups in total. The van der Waals surface area contributed by atoms with Gasteiger partial charge in [0.2, 0.25) is 5.91 Å². The average Bonchev–Trinajstić information content (AvgIpc) is 2.60. The lowest BCUT2D eigenvalue weighted by atomic mass is 9.88. The Morgan fingerprint density at radius 2 is 1.89 bits per heavy atom. The van der Waals surface area contributed by atoms with Crippen molar-refractivity contribution in [3.05, 3.63) is 29.3 Å². The number of aryl methyl sites for hydroxylation is 1. The molecule has 28 heavy (non-hydrogen) atoms. The minimum atomic E-state index is -3.42. The second-order valence-electron chi connectivity index (χ2n) is 8.63. The van der Waals surface area contributed by atoms with E-state index in [0.29, 0.717) is 32.4 Å². The van der Waals surface area contributed by atoms with E-state index in [1.807, 2.05) is 39.0 Å². The summed E-state index contributed by atoms with van der Waals surface area (Å²) in [6, 6.07) is 5.97. The van der Waals surface area contributed by atoms with Crippen molar-refractivity contribution in [1.82, 2.24) is 13.9 Å². The molecule has 0 aromatic heterocycles. The zero-order chi connectivity index (χ0) is 20.7. The molecule has 0 spiro atoms. The van der Waals surface area contributed by atoms with E-state index in [1.165, 1.54) is 22.7 Å². The lowest BCUT2D eigenvalue weighted by Crippen LogP contribution is -2.48. The molecular formula is C20H31N3O4S. The summed E-state index contributed by atoms with van der Waals surface area (Å²) in [7, 11) is -0.361. The maximum atomic E-state index is 12.9. The van der Waals surface area contributed by atoms with Crippen molar-refractivity contribution in [2.45, 2.75) is 51.7 Å². The van der Waals surface area contributed by atoms with Gasteiger partial charge in [-0.15, -0.1) is 0 Å². The number of benzene rings is 1. The highest BCUT2D eigenvalue weighted by Gasteiger charge is 2.37.